The molecule has 0 aromatic carbocycles. The fourth-order valence-electron chi connectivity index (χ4n) is 0.806. The second kappa shape index (κ2) is 3.69. The molecule has 0 bridgehead atoms. The van der Waals surface area contributed by atoms with Crippen LogP contribution in [0.3, 0.4) is 0 Å². The van der Waals surface area contributed by atoms with Crippen molar-refractivity contribution < 1.29 is 4.74 Å². The fourth-order valence-corrected chi connectivity index (χ4v) is 0.989. The molecule has 1 rings (SSSR count). The van der Waals surface area contributed by atoms with E-state index in [4.69, 9.17) is 16.3 Å². The van der Waals surface area contributed by atoms with Gasteiger partial charge in [0, 0.05) is 13.3 Å². The normalized spacial score (nSPS) is 13.0. The van der Waals surface area contributed by atoms with Gasteiger partial charge >= 0.3 is 0 Å². The van der Waals surface area contributed by atoms with Crippen LogP contribution in [0.2, 0.25) is 5.15 Å². The van der Waals surface area contributed by atoms with E-state index in [0.717, 1.165) is 5.56 Å². The van der Waals surface area contributed by atoms with E-state index < -0.39 is 0 Å². The first-order chi connectivity index (χ1) is 5.24. The lowest BCUT2D eigenvalue weighted by Crippen LogP contribution is -1.95. The summed E-state index contributed by atoms with van der Waals surface area (Å²) in [5, 5.41) is 0.506. The molecule has 60 valence electrons. The largest absolute Gasteiger partial charge is 0.377 e. The van der Waals surface area contributed by atoms with Crippen LogP contribution in [0, 0.1) is 0 Å². The lowest BCUT2D eigenvalue weighted by Gasteiger charge is -2.08. The molecule has 0 aliphatic heterocycles. The van der Waals surface area contributed by atoms with Crippen LogP contribution >= 0.6 is 11.6 Å². The molecule has 0 saturated heterocycles. The Morgan fingerprint density at radius 1 is 1.64 bits per heavy atom. The summed E-state index contributed by atoms with van der Waals surface area (Å²) in [6.45, 7) is 1.96. The van der Waals surface area contributed by atoms with E-state index in [1.165, 1.54) is 0 Å². The standard InChI is InChI=1S/C8H10ClNO/c1-6(11-2)7-3-4-10-8(9)5-7/h3-6H,1-2H3. The van der Waals surface area contributed by atoms with E-state index in [1.54, 1.807) is 19.4 Å². The summed E-state index contributed by atoms with van der Waals surface area (Å²) in [6, 6.07) is 3.69. The topological polar surface area (TPSA) is 22.1 Å². The lowest BCUT2D eigenvalue weighted by atomic mass is 10.2. The highest BCUT2D eigenvalue weighted by molar-refractivity contribution is 6.29. The Kier molecular flexibility index (Phi) is 2.85. The maximum Gasteiger partial charge on any atom is 0.129 e. The first-order valence-electron chi connectivity index (χ1n) is 3.38. The Morgan fingerprint density at radius 2 is 2.36 bits per heavy atom. The Hall–Kier alpha value is -0.600. The van der Waals surface area contributed by atoms with E-state index in [1.807, 2.05) is 13.0 Å². The maximum absolute atomic E-state index is 5.68. The highest BCUT2D eigenvalue weighted by Gasteiger charge is 2.02. The third-order valence-electron chi connectivity index (χ3n) is 1.57. The van der Waals surface area contributed by atoms with Crippen molar-refractivity contribution in [1.82, 2.24) is 4.98 Å². The number of rotatable bonds is 2. The molecule has 0 aliphatic rings. The molecule has 0 N–H and O–H groups in total. The van der Waals surface area contributed by atoms with Crippen molar-refractivity contribution in [2.45, 2.75) is 13.0 Å². The Morgan fingerprint density at radius 3 is 2.91 bits per heavy atom. The van der Waals surface area contributed by atoms with Gasteiger partial charge in [-0.15, -0.1) is 0 Å². The lowest BCUT2D eigenvalue weighted by molar-refractivity contribution is 0.119. The molecular weight excluding hydrogens is 162 g/mol. The second-order valence-electron chi connectivity index (χ2n) is 2.29. The summed E-state index contributed by atoms with van der Waals surface area (Å²) in [6.07, 6.45) is 1.75. The molecule has 0 amide bonds. The van der Waals surface area contributed by atoms with Crippen LogP contribution < -0.4 is 0 Å². The third-order valence-corrected chi connectivity index (χ3v) is 1.78. The monoisotopic (exact) mass is 171 g/mol. The van der Waals surface area contributed by atoms with Gasteiger partial charge < -0.3 is 4.74 Å². The molecular formula is C8H10ClNO. The van der Waals surface area contributed by atoms with Crippen LogP contribution in [-0.2, 0) is 4.74 Å². The first kappa shape index (κ1) is 8.50. The predicted molar refractivity (Wildman–Crippen MR) is 44.7 cm³/mol. The zero-order valence-electron chi connectivity index (χ0n) is 6.54. The summed E-state index contributed by atoms with van der Waals surface area (Å²) >= 11 is 5.68. The zero-order valence-corrected chi connectivity index (χ0v) is 7.30. The summed E-state index contributed by atoms with van der Waals surface area (Å²) in [5.41, 5.74) is 1.05. The van der Waals surface area contributed by atoms with Crippen LogP contribution in [0.1, 0.15) is 18.6 Å². The smallest absolute Gasteiger partial charge is 0.129 e. The van der Waals surface area contributed by atoms with E-state index in [2.05, 4.69) is 4.98 Å². The van der Waals surface area contributed by atoms with Gasteiger partial charge in [-0.2, -0.15) is 0 Å². The number of pyridine rings is 1. The number of hydrogen-bond donors (Lipinski definition) is 0. The van der Waals surface area contributed by atoms with Gasteiger partial charge in [0.1, 0.15) is 5.15 Å². The zero-order chi connectivity index (χ0) is 8.27. The van der Waals surface area contributed by atoms with Gasteiger partial charge in [-0.05, 0) is 24.6 Å². The summed E-state index contributed by atoms with van der Waals surface area (Å²) in [5.74, 6) is 0. The van der Waals surface area contributed by atoms with Crippen molar-refractivity contribution in [3.63, 3.8) is 0 Å². The van der Waals surface area contributed by atoms with Crippen molar-refractivity contribution in [3.05, 3.63) is 29.0 Å². The minimum atomic E-state index is 0.0792. The van der Waals surface area contributed by atoms with Crippen molar-refractivity contribution >= 4 is 11.6 Å². The van der Waals surface area contributed by atoms with Crippen molar-refractivity contribution in [3.8, 4) is 0 Å². The number of nitrogens with zero attached hydrogens (tertiary/aromatic N) is 1. The van der Waals surface area contributed by atoms with Crippen LogP contribution in [0.15, 0.2) is 18.3 Å². The van der Waals surface area contributed by atoms with Gasteiger partial charge in [-0.25, -0.2) is 4.98 Å². The van der Waals surface area contributed by atoms with E-state index in [0.29, 0.717) is 5.15 Å². The Balaban J connectivity index is 2.86. The SMILES string of the molecule is COC(C)c1ccnc(Cl)c1. The van der Waals surface area contributed by atoms with E-state index in [-0.39, 0.29) is 6.10 Å². The van der Waals surface area contributed by atoms with Gasteiger partial charge in [0.15, 0.2) is 0 Å². The highest BCUT2D eigenvalue weighted by atomic mass is 35.5. The van der Waals surface area contributed by atoms with Crippen molar-refractivity contribution in [1.29, 1.82) is 0 Å². The molecule has 0 radical (unpaired) electrons. The molecule has 1 aromatic rings. The maximum atomic E-state index is 5.68. The molecule has 1 atom stereocenters. The van der Waals surface area contributed by atoms with Crippen molar-refractivity contribution in [2.75, 3.05) is 7.11 Å². The number of methoxy groups -OCH3 is 1. The van der Waals surface area contributed by atoms with E-state index >= 15 is 0 Å². The summed E-state index contributed by atoms with van der Waals surface area (Å²) in [4.78, 5) is 3.87. The summed E-state index contributed by atoms with van der Waals surface area (Å²) in [7, 11) is 1.67. The van der Waals surface area contributed by atoms with Gasteiger partial charge in [-0.1, -0.05) is 11.6 Å². The molecule has 0 spiro atoms. The molecule has 0 saturated carbocycles. The molecule has 2 nitrogen and oxygen atoms in total. The first-order valence-corrected chi connectivity index (χ1v) is 3.76. The van der Waals surface area contributed by atoms with Gasteiger partial charge in [-0.3, -0.25) is 0 Å². The minimum absolute atomic E-state index is 0.0792. The molecule has 0 fully saturated rings. The molecule has 1 aromatic heterocycles. The van der Waals surface area contributed by atoms with Gasteiger partial charge in [0.2, 0.25) is 0 Å². The predicted octanol–water partition coefficient (Wildman–Crippen LogP) is 2.44. The average Bonchev–Trinajstić information content (AvgIpc) is 2.03. The van der Waals surface area contributed by atoms with Crippen LogP contribution in [0.25, 0.3) is 0 Å². The van der Waals surface area contributed by atoms with Gasteiger partial charge in [0.25, 0.3) is 0 Å². The van der Waals surface area contributed by atoms with E-state index in [9.17, 15) is 0 Å². The number of hydrogen-bond acceptors (Lipinski definition) is 2. The number of ether oxygens (including phenoxy) is 1. The second-order valence-corrected chi connectivity index (χ2v) is 2.68. The Labute approximate surface area is 71.2 Å². The summed E-state index contributed by atoms with van der Waals surface area (Å²) < 4.78 is 5.10. The highest BCUT2D eigenvalue weighted by Crippen LogP contribution is 2.17. The van der Waals surface area contributed by atoms with Crippen LogP contribution in [0.5, 0.6) is 0 Å². The Bertz CT molecular complexity index is 239. The van der Waals surface area contributed by atoms with Crippen LogP contribution in [0.4, 0.5) is 0 Å². The quantitative estimate of drug-likeness (QED) is 0.638. The molecule has 0 aliphatic carbocycles. The fraction of sp³-hybridized carbons (Fsp3) is 0.375. The third kappa shape index (κ3) is 2.17. The number of halogens is 1. The van der Waals surface area contributed by atoms with Crippen molar-refractivity contribution in [2.24, 2.45) is 0 Å². The number of aromatic nitrogens is 1. The molecule has 3 heteroatoms. The molecule has 11 heavy (non-hydrogen) atoms. The van der Waals surface area contributed by atoms with Gasteiger partial charge in [0.05, 0.1) is 6.10 Å². The van der Waals surface area contributed by atoms with Crippen LogP contribution in [-0.4, -0.2) is 12.1 Å². The minimum Gasteiger partial charge on any atom is -0.377 e. The molecule has 1 heterocycles. The average molecular weight is 172 g/mol. The molecule has 1 unspecified atom stereocenters.